The fourth-order valence-electron chi connectivity index (χ4n) is 3.00. The molecule has 1 N–H and O–H groups in total. The predicted octanol–water partition coefficient (Wildman–Crippen LogP) is 1.39. The molecule has 0 radical (unpaired) electrons. The summed E-state index contributed by atoms with van der Waals surface area (Å²) in [7, 11) is 0. The zero-order chi connectivity index (χ0) is 17.6. The van der Waals surface area contributed by atoms with Crippen LogP contribution in [0.1, 0.15) is 60.0 Å². The molecule has 0 aliphatic carbocycles. The highest BCUT2D eigenvalue weighted by Crippen LogP contribution is 2.14. The number of hydrogen-bond acceptors (Lipinski definition) is 6. The number of piperidine rings is 1. The van der Waals surface area contributed by atoms with Crippen LogP contribution in [-0.4, -0.2) is 58.1 Å². The minimum Gasteiger partial charge on any atom is -0.390 e. The van der Waals surface area contributed by atoms with Gasteiger partial charge in [0.25, 0.3) is 11.8 Å². The van der Waals surface area contributed by atoms with Crippen molar-refractivity contribution in [1.82, 2.24) is 20.2 Å². The van der Waals surface area contributed by atoms with Gasteiger partial charge in [0.05, 0.1) is 12.3 Å². The largest absolute Gasteiger partial charge is 0.390 e. The number of amides is 2. The van der Waals surface area contributed by atoms with E-state index in [-0.39, 0.29) is 23.4 Å². The average molecular weight is 345 g/mol. The first kappa shape index (κ1) is 17.3. The minimum atomic E-state index is -0.415. The lowest BCUT2D eigenvalue weighted by molar-refractivity contribution is 0.0702. The van der Waals surface area contributed by atoms with Crippen LogP contribution in [0, 0.1) is 0 Å². The van der Waals surface area contributed by atoms with Gasteiger partial charge < -0.3 is 15.1 Å². The molecule has 0 aromatic carbocycles. The van der Waals surface area contributed by atoms with Crippen LogP contribution in [0.3, 0.4) is 0 Å². The van der Waals surface area contributed by atoms with Crippen LogP contribution in [0.15, 0.2) is 17.5 Å². The predicted molar refractivity (Wildman–Crippen MR) is 91.3 cm³/mol. The Morgan fingerprint density at radius 2 is 1.92 bits per heavy atom. The summed E-state index contributed by atoms with van der Waals surface area (Å²) in [5, 5.41) is 6.74. The third kappa shape index (κ3) is 4.12. The molecular weight excluding hydrogens is 322 g/mol. The SMILES string of the molecule is CCC1=NO[C@@H](CNC(=O)c2nccnc2C(=O)N2CCCCC2)C1. The molecular formula is C17H23N5O3. The smallest absolute Gasteiger partial charge is 0.274 e. The first-order chi connectivity index (χ1) is 12.2. The summed E-state index contributed by atoms with van der Waals surface area (Å²) in [6, 6.07) is 0. The van der Waals surface area contributed by atoms with E-state index >= 15 is 0 Å². The van der Waals surface area contributed by atoms with Crippen LogP contribution in [0.25, 0.3) is 0 Å². The Hall–Kier alpha value is -2.51. The molecule has 1 atom stereocenters. The second-order valence-electron chi connectivity index (χ2n) is 6.26. The van der Waals surface area contributed by atoms with Crippen molar-refractivity contribution in [2.75, 3.05) is 19.6 Å². The van der Waals surface area contributed by atoms with Gasteiger partial charge in [-0.3, -0.25) is 9.59 Å². The Morgan fingerprint density at radius 1 is 1.20 bits per heavy atom. The molecule has 0 unspecified atom stereocenters. The summed E-state index contributed by atoms with van der Waals surface area (Å²) in [6.45, 7) is 3.73. The first-order valence-electron chi connectivity index (χ1n) is 8.79. The molecule has 2 aliphatic heterocycles. The van der Waals surface area contributed by atoms with Gasteiger partial charge >= 0.3 is 0 Å². The van der Waals surface area contributed by atoms with Gasteiger partial charge in [0, 0.05) is 31.9 Å². The molecule has 8 heteroatoms. The molecule has 0 saturated carbocycles. The monoisotopic (exact) mass is 345 g/mol. The van der Waals surface area contributed by atoms with Crippen LogP contribution in [0.4, 0.5) is 0 Å². The molecule has 1 aromatic rings. The third-order valence-corrected chi connectivity index (χ3v) is 4.45. The Morgan fingerprint density at radius 3 is 2.60 bits per heavy atom. The lowest BCUT2D eigenvalue weighted by atomic mass is 10.1. The van der Waals surface area contributed by atoms with Gasteiger partial charge in [-0.15, -0.1) is 0 Å². The molecule has 3 rings (SSSR count). The van der Waals surface area contributed by atoms with Gasteiger partial charge in [0.15, 0.2) is 11.4 Å². The number of oxime groups is 1. The van der Waals surface area contributed by atoms with Crippen LogP contribution in [-0.2, 0) is 4.84 Å². The van der Waals surface area contributed by atoms with E-state index in [2.05, 4.69) is 20.4 Å². The number of carbonyl (C=O) groups is 2. The molecule has 1 aromatic heterocycles. The minimum absolute atomic E-state index is 0.0627. The number of rotatable bonds is 5. The van der Waals surface area contributed by atoms with Crippen molar-refractivity contribution in [2.24, 2.45) is 5.16 Å². The highest BCUT2D eigenvalue weighted by Gasteiger charge is 2.27. The molecule has 8 nitrogen and oxygen atoms in total. The van der Waals surface area contributed by atoms with Crippen molar-refractivity contribution >= 4 is 17.5 Å². The van der Waals surface area contributed by atoms with E-state index in [0.29, 0.717) is 26.1 Å². The lowest BCUT2D eigenvalue weighted by Gasteiger charge is -2.26. The quantitative estimate of drug-likeness (QED) is 0.870. The van der Waals surface area contributed by atoms with Gasteiger partial charge in [0.2, 0.25) is 0 Å². The highest BCUT2D eigenvalue weighted by molar-refractivity contribution is 6.04. The van der Waals surface area contributed by atoms with Crippen LogP contribution in [0.2, 0.25) is 0 Å². The molecule has 1 saturated heterocycles. The Bertz CT molecular complexity index is 670. The van der Waals surface area contributed by atoms with Gasteiger partial charge in [-0.25, -0.2) is 9.97 Å². The number of nitrogens with zero attached hydrogens (tertiary/aromatic N) is 4. The van der Waals surface area contributed by atoms with Crippen LogP contribution >= 0.6 is 0 Å². The summed E-state index contributed by atoms with van der Waals surface area (Å²) in [6.07, 6.45) is 7.32. The molecule has 0 bridgehead atoms. The van der Waals surface area contributed by atoms with Crippen molar-refractivity contribution < 1.29 is 14.4 Å². The first-order valence-corrected chi connectivity index (χ1v) is 8.79. The fourth-order valence-corrected chi connectivity index (χ4v) is 3.00. The summed E-state index contributed by atoms with van der Waals surface area (Å²) in [4.78, 5) is 40.4. The maximum Gasteiger partial charge on any atom is 0.274 e. The van der Waals surface area contributed by atoms with E-state index in [9.17, 15) is 9.59 Å². The molecule has 134 valence electrons. The summed E-state index contributed by atoms with van der Waals surface area (Å²) >= 11 is 0. The van der Waals surface area contributed by atoms with Crippen molar-refractivity contribution in [3.63, 3.8) is 0 Å². The van der Waals surface area contributed by atoms with E-state index in [0.717, 1.165) is 31.4 Å². The summed E-state index contributed by atoms with van der Waals surface area (Å²) in [5.74, 6) is -0.645. The van der Waals surface area contributed by atoms with Crippen LogP contribution < -0.4 is 5.32 Å². The number of aromatic nitrogens is 2. The zero-order valence-corrected chi connectivity index (χ0v) is 14.4. The van der Waals surface area contributed by atoms with Gasteiger partial charge in [-0.2, -0.15) is 0 Å². The Kier molecular flexibility index (Phi) is 5.57. The zero-order valence-electron chi connectivity index (χ0n) is 14.4. The van der Waals surface area contributed by atoms with Crippen molar-refractivity contribution in [2.45, 2.75) is 45.1 Å². The highest BCUT2D eigenvalue weighted by atomic mass is 16.6. The summed E-state index contributed by atoms with van der Waals surface area (Å²) in [5.41, 5.74) is 1.16. The molecule has 2 aliphatic rings. The van der Waals surface area contributed by atoms with E-state index in [4.69, 9.17) is 4.84 Å². The number of nitrogens with one attached hydrogen (secondary N) is 1. The van der Waals surface area contributed by atoms with Crippen molar-refractivity contribution in [3.8, 4) is 0 Å². The molecule has 0 spiro atoms. The lowest BCUT2D eigenvalue weighted by Crippen LogP contribution is -2.39. The second kappa shape index (κ2) is 8.04. The second-order valence-corrected chi connectivity index (χ2v) is 6.26. The summed E-state index contributed by atoms with van der Waals surface area (Å²) < 4.78 is 0. The standard InChI is InChI=1S/C17H23N5O3/c1-2-12-10-13(25-21-12)11-20-16(23)14-15(19-7-6-18-14)17(24)22-8-4-3-5-9-22/h6-7,13H,2-5,8-11H2,1H3,(H,20,23)/t13-/m1/s1. The maximum absolute atomic E-state index is 12.7. The topological polar surface area (TPSA) is 96.8 Å². The Balaban J connectivity index is 1.63. The van der Waals surface area contributed by atoms with E-state index in [1.807, 2.05) is 6.92 Å². The third-order valence-electron chi connectivity index (χ3n) is 4.45. The van der Waals surface area contributed by atoms with Gasteiger partial charge in [0.1, 0.15) is 6.10 Å². The number of hydrogen-bond donors (Lipinski definition) is 1. The average Bonchev–Trinajstić information content (AvgIpc) is 3.14. The molecule has 25 heavy (non-hydrogen) atoms. The maximum atomic E-state index is 12.7. The van der Waals surface area contributed by atoms with Crippen LogP contribution in [0.5, 0.6) is 0 Å². The van der Waals surface area contributed by atoms with E-state index in [1.165, 1.54) is 12.4 Å². The Labute approximate surface area is 146 Å². The van der Waals surface area contributed by atoms with Gasteiger partial charge in [-0.05, 0) is 25.7 Å². The van der Waals surface area contributed by atoms with Crippen molar-refractivity contribution in [3.05, 3.63) is 23.8 Å². The van der Waals surface area contributed by atoms with Crippen molar-refractivity contribution in [1.29, 1.82) is 0 Å². The molecule has 2 amide bonds. The normalized spacial score (nSPS) is 20.0. The number of likely N-dealkylation sites (tertiary alicyclic amines) is 1. The van der Waals surface area contributed by atoms with E-state index in [1.54, 1.807) is 4.90 Å². The molecule has 1 fully saturated rings. The molecule has 3 heterocycles. The van der Waals surface area contributed by atoms with Gasteiger partial charge in [-0.1, -0.05) is 12.1 Å². The fraction of sp³-hybridized carbons (Fsp3) is 0.588. The van der Waals surface area contributed by atoms with E-state index < -0.39 is 5.91 Å². The number of carbonyl (C=O) groups excluding carboxylic acids is 2.